The summed E-state index contributed by atoms with van der Waals surface area (Å²) in [6.45, 7) is -0.757. The molecule has 0 spiro atoms. The van der Waals surface area contributed by atoms with Crippen molar-refractivity contribution in [2.45, 2.75) is 18.1 Å². The molecule has 0 unspecified atom stereocenters. The van der Waals surface area contributed by atoms with Crippen molar-refractivity contribution in [2.24, 2.45) is 5.73 Å². The van der Waals surface area contributed by atoms with Crippen LogP contribution in [0.2, 0.25) is 0 Å². The van der Waals surface area contributed by atoms with E-state index >= 15 is 0 Å². The van der Waals surface area contributed by atoms with Gasteiger partial charge in [0, 0.05) is 7.05 Å². The van der Waals surface area contributed by atoms with Gasteiger partial charge in [-0.3, -0.25) is 4.79 Å². The Bertz CT molecular complexity index is 695. The molecular formula is C12H12F6N2O3S. The lowest BCUT2D eigenvalue weighted by molar-refractivity contribution is -0.143. The smallest absolute Gasteiger partial charge is 0.369 e. The van der Waals surface area contributed by atoms with Crippen LogP contribution in [-0.4, -0.2) is 32.2 Å². The average molecular weight is 378 g/mol. The molecule has 0 heterocycles. The molecule has 0 saturated heterocycles. The maximum Gasteiger partial charge on any atom is 0.416 e. The molecular weight excluding hydrogens is 366 g/mol. The molecule has 1 aromatic carbocycles. The number of hydrogen-bond acceptors (Lipinski definition) is 3. The Morgan fingerprint density at radius 2 is 1.46 bits per heavy atom. The molecule has 12 heteroatoms. The number of likely N-dealkylation sites (N-methyl/N-ethyl adjacent to an activating group) is 1. The quantitative estimate of drug-likeness (QED) is 0.796. The highest BCUT2D eigenvalue weighted by Gasteiger charge is 2.37. The van der Waals surface area contributed by atoms with E-state index in [0.29, 0.717) is 16.4 Å². The molecule has 5 nitrogen and oxygen atoms in total. The zero-order chi connectivity index (χ0) is 18.9. The lowest BCUT2D eigenvalue weighted by Crippen LogP contribution is -2.36. The summed E-state index contributed by atoms with van der Waals surface area (Å²) in [4.78, 5) is 10.7. The highest BCUT2D eigenvalue weighted by molar-refractivity contribution is 7.88. The number of sulfonamides is 1. The van der Waals surface area contributed by atoms with Gasteiger partial charge in [0.05, 0.1) is 23.4 Å². The Balaban J connectivity index is 3.31. The third-order valence-electron chi connectivity index (χ3n) is 2.85. The van der Waals surface area contributed by atoms with Gasteiger partial charge in [-0.25, -0.2) is 8.42 Å². The van der Waals surface area contributed by atoms with Crippen molar-refractivity contribution in [3.05, 3.63) is 34.9 Å². The molecule has 0 aliphatic heterocycles. The summed E-state index contributed by atoms with van der Waals surface area (Å²) in [5.41, 5.74) is 0.839. The molecule has 24 heavy (non-hydrogen) atoms. The first-order valence-electron chi connectivity index (χ1n) is 6.13. The van der Waals surface area contributed by atoms with Crippen LogP contribution in [0.4, 0.5) is 26.3 Å². The molecule has 2 N–H and O–H groups in total. The van der Waals surface area contributed by atoms with Crippen molar-refractivity contribution < 1.29 is 39.6 Å². The SMILES string of the molecule is CN(CC(N)=O)S(=O)(=O)Cc1cc(C(F)(F)F)cc(C(F)(F)F)c1. The number of carbonyl (C=O) groups excluding carboxylic acids is 1. The molecule has 1 amide bonds. The van der Waals surface area contributed by atoms with Crippen molar-refractivity contribution in [1.29, 1.82) is 0 Å². The molecule has 0 fully saturated rings. The predicted molar refractivity (Wildman–Crippen MR) is 70.9 cm³/mol. The van der Waals surface area contributed by atoms with Gasteiger partial charge in [-0.1, -0.05) is 0 Å². The Labute approximate surface area is 133 Å². The third kappa shape index (κ3) is 5.37. The van der Waals surface area contributed by atoms with E-state index in [1.54, 1.807) is 0 Å². The highest BCUT2D eigenvalue weighted by atomic mass is 32.2. The van der Waals surface area contributed by atoms with Crippen LogP contribution in [0.3, 0.4) is 0 Å². The number of rotatable bonds is 5. The van der Waals surface area contributed by atoms with Gasteiger partial charge in [0.15, 0.2) is 0 Å². The Morgan fingerprint density at radius 3 is 1.79 bits per heavy atom. The highest BCUT2D eigenvalue weighted by Crippen LogP contribution is 2.36. The summed E-state index contributed by atoms with van der Waals surface area (Å²) >= 11 is 0. The predicted octanol–water partition coefficient (Wildman–Crippen LogP) is 1.97. The molecule has 0 bridgehead atoms. The second kappa shape index (κ2) is 6.59. The number of primary amides is 1. The topological polar surface area (TPSA) is 80.5 Å². The van der Waals surface area contributed by atoms with Crippen LogP contribution in [0, 0.1) is 0 Å². The number of halogens is 6. The second-order valence-corrected chi connectivity index (χ2v) is 6.97. The van der Waals surface area contributed by atoms with E-state index in [1.807, 2.05) is 0 Å². The van der Waals surface area contributed by atoms with E-state index in [4.69, 9.17) is 5.73 Å². The molecule has 0 saturated carbocycles. The van der Waals surface area contributed by atoms with Crippen LogP contribution in [0.1, 0.15) is 16.7 Å². The zero-order valence-corrected chi connectivity index (χ0v) is 12.9. The number of nitrogens with zero attached hydrogens (tertiary/aromatic N) is 1. The first-order chi connectivity index (χ1) is 10.6. The van der Waals surface area contributed by atoms with Gasteiger partial charge in [-0.05, 0) is 23.8 Å². The van der Waals surface area contributed by atoms with E-state index in [2.05, 4.69) is 0 Å². The van der Waals surface area contributed by atoms with Crippen molar-refractivity contribution >= 4 is 15.9 Å². The van der Waals surface area contributed by atoms with E-state index in [1.165, 1.54) is 0 Å². The second-order valence-electron chi connectivity index (χ2n) is 4.89. The van der Waals surface area contributed by atoms with Crippen LogP contribution >= 0.6 is 0 Å². The molecule has 1 rings (SSSR count). The number of benzene rings is 1. The maximum atomic E-state index is 12.7. The fourth-order valence-corrected chi connectivity index (χ4v) is 2.87. The largest absolute Gasteiger partial charge is 0.416 e. The van der Waals surface area contributed by atoms with Crippen LogP contribution in [-0.2, 0) is 32.9 Å². The van der Waals surface area contributed by atoms with Crippen molar-refractivity contribution in [3.63, 3.8) is 0 Å². The van der Waals surface area contributed by atoms with Gasteiger partial charge in [-0.15, -0.1) is 0 Å². The van der Waals surface area contributed by atoms with E-state index < -0.39 is 57.3 Å². The summed E-state index contributed by atoms with van der Waals surface area (Å²) in [7, 11) is -3.41. The fourth-order valence-electron chi connectivity index (χ4n) is 1.74. The molecule has 0 radical (unpaired) electrons. The normalized spacial score (nSPS) is 13.3. The zero-order valence-electron chi connectivity index (χ0n) is 12.1. The number of nitrogens with two attached hydrogens (primary N) is 1. The van der Waals surface area contributed by atoms with Gasteiger partial charge in [0.25, 0.3) is 0 Å². The molecule has 136 valence electrons. The van der Waals surface area contributed by atoms with Gasteiger partial charge in [0.1, 0.15) is 0 Å². The first kappa shape index (κ1) is 20.2. The van der Waals surface area contributed by atoms with Gasteiger partial charge >= 0.3 is 12.4 Å². The lowest BCUT2D eigenvalue weighted by atomic mass is 10.1. The number of carbonyl (C=O) groups is 1. The first-order valence-corrected chi connectivity index (χ1v) is 7.74. The van der Waals surface area contributed by atoms with Crippen molar-refractivity contribution in [3.8, 4) is 0 Å². The van der Waals surface area contributed by atoms with Crippen LogP contribution in [0.15, 0.2) is 18.2 Å². The standard InChI is InChI=1S/C12H12F6N2O3S/c1-20(5-10(19)21)24(22,23)6-7-2-8(11(13,14)15)4-9(3-7)12(16,17)18/h2-4H,5-6H2,1H3,(H2,19,21). The number of hydrogen-bond donors (Lipinski definition) is 1. The summed E-state index contributed by atoms with van der Waals surface area (Å²) in [5, 5.41) is 0. The van der Waals surface area contributed by atoms with Crippen molar-refractivity contribution in [2.75, 3.05) is 13.6 Å². The van der Waals surface area contributed by atoms with Crippen LogP contribution in [0.25, 0.3) is 0 Å². The minimum absolute atomic E-state index is 0.108. The Hall–Kier alpha value is -1.82. The minimum Gasteiger partial charge on any atom is -0.369 e. The average Bonchev–Trinajstić information content (AvgIpc) is 2.34. The summed E-state index contributed by atoms with van der Waals surface area (Å²) in [6.07, 6.45) is -10.2. The Kier molecular flexibility index (Phi) is 5.55. The summed E-state index contributed by atoms with van der Waals surface area (Å²) < 4.78 is 101. The van der Waals surface area contributed by atoms with E-state index in [0.717, 1.165) is 7.05 Å². The van der Waals surface area contributed by atoms with Crippen molar-refractivity contribution in [1.82, 2.24) is 4.31 Å². The Morgan fingerprint density at radius 1 is 1.04 bits per heavy atom. The number of alkyl halides is 6. The summed E-state index contributed by atoms with van der Waals surface area (Å²) in [5.74, 6) is -2.18. The van der Waals surface area contributed by atoms with Crippen LogP contribution < -0.4 is 5.73 Å². The van der Waals surface area contributed by atoms with Gasteiger partial charge in [-0.2, -0.15) is 30.6 Å². The number of amides is 1. The third-order valence-corrected chi connectivity index (χ3v) is 4.63. The van der Waals surface area contributed by atoms with Crippen LogP contribution in [0.5, 0.6) is 0 Å². The van der Waals surface area contributed by atoms with E-state index in [9.17, 15) is 39.6 Å². The lowest BCUT2D eigenvalue weighted by Gasteiger charge is -2.17. The maximum absolute atomic E-state index is 12.7. The summed E-state index contributed by atoms with van der Waals surface area (Å²) in [6, 6.07) is 0.513. The molecule has 0 aromatic heterocycles. The fraction of sp³-hybridized carbons (Fsp3) is 0.417. The molecule has 0 aliphatic rings. The monoisotopic (exact) mass is 378 g/mol. The van der Waals surface area contributed by atoms with Gasteiger partial charge < -0.3 is 5.73 Å². The molecule has 0 atom stereocenters. The molecule has 1 aromatic rings. The minimum atomic E-state index is -5.08. The molecule has 0 aliphatic carbocycles. The van der Waals surface area contributed by atoms with E-state index in [-0.39, 0.29) is 6.07 Å². The van der Waals surface area contributed by atoms with Gasteiger partial charge in [0.2, 0.25) is 15.9 Å².